The van der Waals surface area contributed by atoms with Crippen LogP contribution in [0.5, 0.6) is 23.0 Å². The molecule has 0 bridgehead atoms. The third-order valence-electron chi connectivity index (χ3n) is 6.91. The van der Waals surface area contributed by atoms with E-state index >= 15 is 0 Å². The molecule has 0 aliphatic rings. The van der Waals surface area contributed by atoms with Gasteiger partial charge in [0.05, 0.1) is 35.0 Å². The fraction of sp³-hybridized carbons (Fsp3) is 0.438. The first-order chi connectivity index (χ1) is 20.3. The number of hydrogen-bond donors (Lipinski definition) is 0. The van der Waals surface area contributed by atoms with Gasteiger partial charge in [0, 0.05) is 42.8 Å². The Morgan fingerprint density at radius 2 is 1.55 bits per heavy atom. The summed E-state index contributed by atoms with van der Waals surface area (Å²) < 4.78 is 27.1. The van der Waals surface area contributed by atoms with E-state index in [1.165, 1.54) is 14.2 Å². The van der Waals surface area contributed by atoms with E-state index in [1.54, 1.807) is 48.7 Å². The first-order valence-electron chi connectivity index (χ1n) is 13.9. The van der Waals surface area contributed by atoms with Crippen molar-refractivity contribution in [2.24, 2.45) is 0 Å². The summed E-state index contributed by atoms with van der Waals surface area (Å²) in [6, 6.07) is 12.9. The molecule has 0 aliphatic carbocycles. The van der Waals surface area contributed by atoms with E-state index in [4.69, 9.17) is 23.7 Å². The maximum atomic E-state index is 13.9. The van der Waals surface area contributed by atoms with Crippen molar-refractivity contribution in [3.63, 3.8) is 0 Å². The van der Waals surface area contributed by atoms with E-state index in [9.17, 15) is 9.59 Å². The quantitative estimate of drug-likeness (QED) is 0.197. The molecule has 0 unspecified atom stereocenters. The molecule has 10 heteroatoms. The molecule has 2 amide bonds. The number of methoxy groups -OCH3 is 4. The lowest BCUT2D eigenvalue weighted by Gasteiger charge is -2.28. The summed E-state index contributed by atoms with van der Waals surface area (Å²) in [5.74, 6) is 1.89. The van der Waals surface area contributed by atoms with Crippen LogP contribution in [0.4, 0.5) is 0 Å². The molecular formula is C32H42N2O7S. The maximum absolute atomic E-state index is 13.9. The highest BCUT2D eigenvalue weighted by atomic mass is 32.1. The molecule has 42 heavy (non-hydrogen) atoms. The third-order valence-corrected chi connectivity index (χ3v) is 7.91. The van der Waals surface area contributed by atoms with Crippen molar-refractivity contribution in [1.82, 2.24) is 9.80 Å². The minimum absolute atomic E-state index is 0.0686. The van der Waals surface area contributed by atoms with Crippen LogP contribution in [0.25, 0.3) is 0 Å². The van der Waals surface area contributed by atoms with Crippen LogP contribution in [-0.2, 0) is 22.5 Å². The number of carbonyl (C=O) groups excluding carboxylic acids is 2. The van der Waals surface area contributed by atoms with Gasteiger partial charge in [-0.3, -0.25) is 9.59 Å². The molecule has 0 N–H and O–H groups in total. The second kappa shape index (κ2) is 16.6. The molecule has 3 rings (SSSR count). The number of amides is 2. The summed E-state index contributed by atoms with van der Waals surface area (Å²) in [5, 5.41) is 2.03. The fourth-order valence-corrected chi connectivity index (χ4v) is 5.38. The predicted molar refractivity (Wildman–Crippen MR) is 164 cm³/mol. The molecule has 228 valence electrons. The van der Waals surface area contributed by atoms with E-state index in [-0.39, 0.29) is 18.4 Å². The first-order valence-corrected chi connectivity index (χ1v) is 14.8. The first kappa shape index (κ1) is 32.8. The molecule has 1 aromatic heterocycles. The summed E-state index contributed by atoms with van der Waals surface area (Å²) in [6.45, 7) is 6.29. The number of thiophene rings is 1. The Morgan fingerprint density at radius 1 is 0.833 bits per heavy atom. The molecule has 0 radical (unpaired) electrons. The third kappa shape index (κ3) is 9.12. The van der Waals surface area contributed by atoms with Gasteiger partial charge in [-0.2, -0.15) is 0 Å². The van der Waals surface area contributed by atoms with Crippen LogP contribution in [-0.4, -0.2) is 82.9 Å². The molecule has 3 aromatic rings. The molecule has 0 aliphatic heterocycles. The van der Waals surface area contributed by atoms with Crippen molar-refractivity contribution >= 4 is 23.2 Å². The highest BCUT2D eigenvalue weighted by Crippen LogP contribution is 2.28. The number of aryl methyl sites for hydroxylation is 1. The van der Waals surface area contributed by atoms with E-state index in [0.29, 0.717) is 74.3 Å². The fourth-order valence-electron chi connectivity index (χ4n) is 4.46. The second-order valence-electron chi connectivity index (χ2n) is 9.66. The Balaban J connectivity index is 1.85. The molecule has 0 spiro atoms. The zero-order valence-corrected chi connectivity index (χ0v) is 26.3. The smallest absolute Gasteiger partial charge is 0.254 e. The van der Waals surface area contributed by atoms with Crippen LogP contribution < -0.4 is 18.9 Å². The molecule has 0 saturated heterocycles. The van der Waals surface area contributed by atoms with Gasteiger partial charge in [0.1, 0.15) is 18.0 Å². The van der Waals surface area contributed by atoms with Crippen molar-refractivity contribution in [1.29, 1.82) is 0 Å². The highest BCUT2D eigenvalue weighted by Gasteiger charge is 2.24. The Labute approximate surface area is 252 Å². The molecule has 0 saturated carbocycles. The predicted octanol–water partition coefficient (Wildman–Crippen LogP) is 5.23. The van der Waals surface area contributed by atoms with Gasteiger partial charge in [0.2, 0.25) is 5.91 Å². The van der Waals surface area contributed by atoms with Crippen LogP contribution in [0.1, 0.15) is 39.7 Å². The minimum atomic E-state index is -0.274. The average molecular weight is 599 g/mol. The van der Waals surface area contributed by atoms with Gasteiger partial charge in [-0.1, -0.05) is 6.07 Å². The Morgan fingerprint density at radius 3 is 2.14 bits per heavy atom. The largest absolute Gasteiger partial charge is 0.497 e. The topological polar surface area (TPSA) is 86.8 Å². The van der Waals surface area contributed by atoms with Gasteiger partial charge in [-0.15, -0.1) is 11.3 Å². The molecular weight excluding hydrogens is 556 g/mol. The summed E-state index contributed by atoms with van der Waals surface area (Å²) in [5.41, 5.74) is 2.54. The second-order valence-corrected chi connectivity index (χ2v) is 10.7. The van der Waals surface area contributed by atoms with Crippen LogP contribution in [0, 0.1) is 6.92 Å². The van der Waals surface area contributed by atoms with Gasteiger partial charge < -0.3 is 33.5 Å². The number of ether oxygens (including phenoxy) is 5. The SMILES string of the molecule is CCOCCCN(CC(=O)N(CCc1ccc(OC)c(OC)c1)Cc1sccc1C)C(=O)c1cc(OC)cc(OC)c1. The molecule has 0 fully saturated rings. The van der Waals surface area contributed by atoms with Crippen molar-refractivity contribution in [2.75, 3.05) is 61.3 Å². The van der Waals surface area contributed by atoms with Crippen molar-refractivity contribution < 1.29 is 33.3 Å². The summed E-state index contributed by atoms with van der Waals surface area (Å²) >= 11 is 1.62. The van der Waals surface area contributed by atoms with E-state index in [2.05, 4.69) is 6.07 Å². The lowest BCUT2D eigenvalue weighted by atomic mass is 10.1. The van der Waals surface area contributed by atoms with Gasteiger partial charge >= 0.3 is 0 Å². The van der Waals surface area contributed by atoms with Gasteiger partial charge in [-0.25, -0.2) is 0 Å². The number of hydrogen-bond acceptors (Lipinski definition) is 8. The van der Waals surface area contributed by atoms with Gasteiger partial charge in [0.25, 0.3) is 5.91 Å². The Bertz CT molecular complexity index is 1290. The number of benzene rings is 2. The Hall–Kier alpha value is -3.76. The molecule has 2 aromatic carbocycles. The van der Waals surface area contributed by atoms with E-state index < -0.39 is 0 Å². The lowest BCUT2D eigenvalue weighted by molar-refractivity contribution is -0.132. The molecule has 9 nitrogen and oxygen atoms in total. The minimum Gasteiger partial charge on any atom is -0.497 e. The van der Waals surface area contributed by atoms with Crippen LogP contribution in [0.2, 0.25) is 0 Å². The normalized spacial score (nSPS) is 10.7. The van der Waals surface area contributed by atoms with E-state index in [1.807, 2.05) is 42.3 Å². The molecule has 1 heterocycles. The lowest BCUT2D eigenvalue weighted by Crippen LogP contribution is -2.44. The van der Waals surface area contributed by atoms with E-state index in [0.717, 1.165) is 16.0 Å². The summed E-state index contributed by atoms with van der Waals surface area (Å²) in [4.78, 5) is 32.2. The maximum Gasteiger partial charge on any atom is 0.254 e. The van der Waals surface area contributed by atoms with Crippen molar-refractivity contribution in [2.45, 2.75) is 33.2 Å². The van der Waals surface area contributed by atoms with Gasteiger partial charge in [-0.05, 0) is 73.5 Å². The average Bonchev–Trinajstić information content (AvgIpc) is 3.43. The zero-order chi connectivity index (χ0) is 30.5. The van der Waals surface area contributed by atoms with Crippen LogP contribution in [0.3, 0.4) is 0 Å². The molecule has 0 atom stereocenters. The highest BCUT2D eigenvalue weighted by molar-refractivity contribution is 7.10. The van der Waals surface area contributed by atoms with Gasteiger partial charge in [0.15, 0.2) is 11.5 Å². The Kier molecular flexibility index (Phi) is 13.0. The van der Waals surface area contributed by atoms with Crippen LogP contribution >= 0.6 is 11.3 Å². The number of carbonyl (C=O) groups is 2. The monoisotopic (exact) mass is 598 g/mol. The van der Waals surface area contributed by atoms with Crippen LogP contribution in [0.15, 0.2) is 47.8 Å². The number of rotatable bonds is 17. The summed E-state index contributed by atoms with van der Waals surface area (Å²) in [6.07, 6.45) is 1.21. The standard InChI is InChI=1S/C32H42N2O7S/c1-7-41-15-8-13-34(32(36)25-18-26(37-3)20-27(19-25)38-4)22-31(35)33(21-30-23(2)12-16-42-30)14-11-24-9-10-28(39-5)29(17-24)40-6/h9-10,12,16-20H,7-8,11,13-15,21-22H2,1-6H3. The zero-order valence-electron chi connectivity index (χ0n) is 25.4. The van der Waals surface area contributed by atoms with Crippen molar-refractivity contribution in [3.8, 4) is 23.0 Å². The number of nitrogens with zero attached hydrogens (tertiary/aromatic N) is 2. The summed E-state index contributed by atoms with van der Waals surface area (Å²) in [7, 11) is 6.28. The van der Waals surface area contributed by atoms with Crippen molar-refractivity contribution in [3.05, 3.63) is 69.4 Å².